The van der Waals surface area contributed by atoms with Crippen LogP contribution in [0.5, 0.6) is 34.5 Å². The Morgan fingerprint density at radius 1 is 0.600 bits per heavy atom. The van der Waals surface area contributed by atoms with Crippen molar-refractivity contribution < 1.29 is 111 Å². The van der Waals surface area contributed by atoms with Crippen LogP contribution in [0.15, 0.2) is 189 Å². The monoisotopic (exact) mass is 2190 g/mol. The second-order valence-electron chi connectivity index (χ2n) is 29.7. The van der Waals surface area contributed by atoms with Crippen molar-refractivity contribution in [1.29, 1.82) is 0 Å². The zero-order valence-corrected chi connectivity index (χ0v) is 87.4. The number of phenolic OH excluding ortho intramolecular Hbond substituents is 2. The van der Waals surface area contributed by atoms with E-state index in [4.69, 9.17) is 54.7 Å². The number of allylic oxidation sites excluding steroid dienone is 2. The number of nitrogens with zero attached hydrogens (tertiary/aromatic N) is 3. The van der Waals surface area contributed by atoms with Crippen molar-refractivity contribution in [1.82, 2.24) is 0 Å². The van der Waals surface area contributed by atoms with Crippen LogP contribution in [0.2, 0.25) is 0 Å². The van der Waals surface area contributed by atoms with Crippen LogP contribution in [0, 0.1) is 12.8 Å². The van der Waals surface area contributed by atoms with Gasteiger partial charge in [0.15, 0.2) is 0 Å². The van der Waals surface area contributed by atoms with Crippen LogP contribution in [0.25, 0.3) is 0 Å². The van der Waals surface area contributed by atoms with E-state index in [2.05, 4.69) is 266 Å². The van der Waals surface area contributed by atoms with Gasteiger partial charge in [0.25, 0.3) is 6.47 Å². The number of anilines is 1. The van der Waals surface area contributed by atoms with Gasteiger partial charge in [0.05, 0.1) is 98.4 Å². The van der Waals surface area contributed by atoms with Gasteiger partial charge in [-0.1, -0.05) is 104 Å². The minimum Gasteiger partial charge on any atom is -0.507 e. The maximum Gasteiger partial charge on any atom is 1.00 e. The summed E-state index contributed by atoms with van der Waals surface area (Å²) in [5, 5.41) is 36.0. The van der Waals surface area contributed by atoms with E-state index in [9.17, 15) is 34.5 Å². The molecule has 7 aromatic rings. The molecule has 0 bridgehead atoms. The summed E-state index contributed by atoms with van der Waals surface area (Å²) in [5.41, 5.74) is 11.6. The molecule has 0 saturated carbocycles. The zero-order chi connectivity index (χ0) is 94.5. The summed E-state index contributed by atoms with van der Waals surface area (Å²) in [6.45, 7) is 46.2. The third kappa shape index (κ3) is 41.0. The zero-order valence-electron chi connectivity index (χ0n) is 75.5. The molecule has 4 aliphatic heterocycles. The molecule has 4 N–H and O–H groups in total. The van der Waals surface area contributed by atoms with Gasteiger partial charge in [-0.25, -0.2) is 29.2 Å². The summed E-state index contributed by atoms with van der Waals surface area (Å²) in [5.74, 6) is 4.09. The third-order valence-corrected chi connectivity index (χ3v) is 22.2. The van der Waals surface area contributed by atoms with Crippen molar-refractivity contribution in [2.45, 2.75) is 170 Å². The number of hydrogen-bond acceptors (Lipinski definition) is 21. The molecule has 11 rings (SSSR count). The Labute approximate surface area is 815 Å². The summed E-state index contributed by atoms with van der Waals surface area (Å²) < 4.78 is 56.5. The number of fused-ring (bicyclic) bond motifs is 3. The Morgan fingerprint density at radius 3 is 1.42 bits per heavy atom. The molecule has 0 aliphatic carbocycles. The van der Waals surface area contributed by atoms with Crippen molar-refractivity contribution in [2.75, 3.05) is 79.7 Å². The fraction of sp³-hybridized carbons (Fsp3) is 0.404. The number of halogens is 8. The minimum atomic E-state index is -0.460. The van der Waals surface area contributed by atoms with Gasteiger partial charge in [-0.2, -0.15) is 6.42 Å². The maximum atomic E-state index is 11.6. The number of carbonyl (C=O) groups excluding carboxylic acids is 4. The standard InChI is InChI=1S/3C12H13BrO3.C11H12Br2O.C11H13BrO2.C10H15N.C9H16N2O2.C8H7BrO3.C4H7Cl.C4H9.CH2O2.Li/c1-12(2)6-8-7(11(14)15-3)4-5-9(13)10(8)16-12;1-8(2)7-16-11-6-9(12(14)15-3)4-5-10(11)13;1-7(2)6-9-8(12(15)16-3)4-5-10(13)11(9)14;1-11(2)5-8-7(6-12)3-4-9(13)10(8)14-11;1-11(2)5-8-7(6-13)3-4-9(12)10(8)14-11;1-3-11(4-2)10-8-6-5-7-9-10;1-6(2)8-9(13-4)10-5-7(11-8)12-3;1-12-8(11)5-2-3-6(9)7(10)4-5;1-4(2)3-5;1-3-4-2;2-1-3;/h4-5H,6H2,1-3H3;4-6H,1,7H2,2-3H3;4-5,14H,1,6H2,2-3H3;3-4H,5-6H2,1-2H3;3-4,13H,5-6H2,1-2H3;5-9H,3-4H2,1-2H3;6,8H,5H2,1-4H3;2-4,10H,1H3;1,3H2,2H3;1,3-4H2,2H3;1H,(H,2,3);/q;;;;;;;;;-1;;+1/t;;;;;;8-;;;;;/m......1...../s1. The molecule has 0 fully saturated rings. The normalized spacial score (nSPS) is 13.3. The van der Waals surface area contributed by atoms with Gasteiger partial charge in [-0.15, -0.1) is 11.6 Å². The average Bonchev–Trinajstić information content (AvgIpc) is 1.65. The number of carbonyl (C=O) groups is 5. The summed E-state index contributed by atoms with van der Waals surface area (Å²) >= 11 is 28.8. The number of aliphatic imine (C=N–C) groups is 2. The van der Waals surface area contributed by atoms with Crippen molar-refractivity contribution in [3.05, 3.63) is 241 Å². The topological polar surface area (TPSA) is 287 Å². The predicted molar refractivity (Wildman–Crippen MR) is 523 cm³/mol. The molecule has 682 valence electrons. The average molecular weight is 2200 g/mol. The number of para-hydroxylation sites is 1. The summed E-state index contributed by atoms with van der Waals surface area (Å²) in [4.78, 5) is 64.7. The summed E-state index contributed by atoms with van der Waals surface area (Å²) in [6, 6.07) is 34.9. The van der Waals surface area contributed by atoms with Gasteiger partial charge in [-0.3, -0.25) is 4.79 Å². The number of aromatic hydroxyl groups is 2. The van der Waals surface area contributed by atoms with E-state index in [1.54, 1.807) is 62.8 Å². The SMILES string of the molecule is C=C(C)CCl.C=C(C)COc1cc(C(=O)OC)ccc1Br.C=C(C)Cc1c(C(=O)OC)ccc(Br)c1O.CC1(C)Cc2c(CBr)ccc(Br)c2O1.CC1(C)Cc2c(CO)ccc(Br)c2O1.CCN(CC)c1ccccc1.COC(=O)c1ccc(Br)c(O)c1.COC(=O)c1ccc(Br)c2c1CC(C)(C)O2.COC1=N[C@H](C(C)C)C(OC)=NC1.O=CO.[CH2-]CCC.[Li+]. The van der Waals surface area contributed by atoms with Crippen molar-refractivity contribution >= 4 is 171 Å². The Bertz CT molecular complexity index is 4620. The van der Waals surface area contributed by atoms with Crippen LogP contribution in [0.1, 0.15) is 185 Å². The first-order valence-corrected chi connectivity index (χ1v) is 45.5. The third-order valence-electron chi connectivity index (χ3n) is 17.3. The van der Waals surface area contributed by atoms with Gasteiger partial charge in [0.2, 0.25) is 11.8 Å². The molecule has 0 unspecified atom stereocenters. The molecule has 4 aliphatic rings. The van der Waals surface area contributed by atoms with E-state index in [0.29, 0.717) is 92.1 Å². The van der Waals surface area contributed by atoms with E-state index >= 15 is 0 Å². The first-order valence-electron chi connectivity index (χ1n) is 39.1. The summed E-state index contributed by atoms with van der Waals surface area (Å²) in [7, 11) is 8.58. The summed E-state index contributed by atoms with van der Waals surface area (Å²) in [6.07, 6.45) is 5.28. The first kappa shape index (κ1) is 118. The van der Waals surface area contributed by atoms with E-state index in [1.165, 1.54) is 57.7 Å². The molecule has 7 aromatic carbocycles. The molecular weight excluding hydrogens is 2080 g/mol. The van der Waals surface area contributed by atoms with Gasteiger partial charge < -0.3 is 79.6 Å². The number of phenols is 2. The van der Waals surface area contributed by atoms with Crippen LogP contribution in [0.3, 0.4) is 0 Å². The van der Waals surface area contributed by atoms with Gasteiger partial charge >= 0.3 is 42.7 Å². The van der Waals surface area contributed by atoms with Crippen LogP contribution < -0.4 is 42.7 Å². The number of benzene rings is 7. The Morgan fingerprint density at radius 2 is 1.02 bits per heavy atom. The van der Waals surface area contributed by atoms with Crippen molar-refractivity contribution in [3.63, 3.8) is 0 Å². The fourth-order valence-electron chi connectivity index (χ4n) is 11.2. The van der Waals surface area contributed by atoms with E-state index in [-0.39, 0.29) is 78.2 Å². The number of carboxylic acid groups (broad SMARTS) is 1. The Balaban J connectivity index is 0.00000138. The van der Waals surface area contributed by atoms with E-state index in [1.807, 2.05) is 58.9 Å². The maximum absolute atomic E-state index is 11.6. The van der Waals surface area contributed by atoms with Gasteiger partial charge in [-0.05, 0) is 286 Å². The molecule has 125 heavy (non-hydrogen) atoms. The molecular formula is C94H120Br7ClLiN3O19. The number of esters is 4. The quantitative estimate of drug-likeness (QED) is 0.0125. The molecule has 1 atom stereocenters. The molecule has 31 heteroatoms. The van der Waals surface area contributed by atoms with Crippen LogP contribution in [-0.4, -0.2) is 160 Å². The predicted octanol–water partition coefficient (Wildman–Crippen LogP) is 21.6. The van der Waals surface area contributed by atoms with Gasteiger partial charge in [0, 0.05) is 71.5 Å². The fourth-order valence-corrected chi connectivity index (χ4v) is 14.1. The van der Waals surface area contributed by atoms with Gasteiger partial charge in [0.1, 0.15) is 70.5 Å². The molecule has 0 saturated heterocycles. The largest absolute Gasteiger partial charge is 1.00 e. The molecule has 0 spiro atoms. The Hall–Kier alpha value is -7.14. The molecule has 4 heterocycles. The van der Waals surface area contributed by atoms with Crippen molar-refractivity contribution in [2.24, 2.45) is 15.9 Å². The van der Waals surface area contributed by atoms with Crippen LogP contribution >= 0.6 is 123 Å². The number of hydrogen-bond donors (Lipinski definition) is 4. The van der Waals surface area contributed by atoms with Crippen LogP contribution in [-0.2, 0) is 70.8 Å². The molecule has 22 nitrogen and oxygen atoms in total. The number of methoxy groups -OCH3 is 6. The number of unbranched alkanes of at least 4 members (excludes halogenated alkanes) is 1. The molecule has 0 radical (unpaired) electrons. The second kappa shape index (κ2) is 60.6. The number of rotatable bonds is 17. The van der Waals surface area contributed by atoms with Crippen LogP contribution in [0.4, 0.5) is 5.69 Å². The first-order chi connectivity index (χ1) is 58.3. The van der Waals surface area contributed by atoms with E-state index < -0.39 is 11.9 Å². The second-order valence-corrected chi connectivity index (χ2v) is 35.7. The van der Waals surface area contributed by atoms with Crippen molar-refractivity contribution in [3.8, 4) is 34.5 Å². The minimum absolute atomic E-state index is 0. The number of alkyl halides is 2. The van der Waals surface area contributed by atoms with E-state index in [0.717, 1.165) is 106 Å². The number of ether oxygens (including phenoxy) is 10. The number of aliphatic hydroxyl groups is 1. The molecule has 0 aromatic heterocycles. The Kier molecular flexibility index (Phi) is 57.2. The smallest absolute Gasteiger partial charge is 0.507 e. The molecule has 0 amide bonds. The number of aliphatic hydroxyl groups excluding tert-OH is 1.